The third-order valence-corrected chi connectivity index (χ3v) is 2.17. The molecule has 1 unspecified atom stereocenters. The molecule has 1 aromatic rings. The van der Waals surface area contributed by atoms with Gasteiger partial charge in [-0.15, -0.1) is 0 Å². The normalized spacial score (nSPS) is 11.3. The number of aliphatic hydroxyl groups is 1. The van der Waals surface area contributed by atoms with Gasteiger partial charge in [-0.05, 0) is 24.5 Å². The first kappa shape index (κ1) is 14.6. The molecule has 16 heavy (non-hydrogen) atoms. The predicted molar refractivity (Wildman–Crippen MR) is 64.5 cm³/mol. The summed E-state index contributed by atoms with van der Waals surface area (Å²) in [5.41, 5.74) is 1.62. The number of nitrogens with zero attached hydrogens (tertiary/aromatic N) is 1. The molecule has 4 nitrogen and oxygen atoms in total. The lowest BCUT2D eigenvalue weighted by Gasteiger charge is -2.09. The molecule has 0 amide bonds. The second-order valence-electron chi connectivity index (χ2n) is 3.17. The third kappa shape index (κ3) is 3.62. The molecule has 0 heterocycles. The van der Waals surface area contributed by atoms with Crippen molar-refractivity contribution in [2.45, 2.75) is 40.2 Å². The van der Waals surface area contributed by atoms with Crippen LogP contribution in [0.25, 0.3) is 0 Å². The van der Waals surface area contributed by atoms with Gasteiger partial charge in [-0.1, -0.05) is 26.8 Å². The molecule has 4 heteroatoms. The van der Waals surface area contributed by atoms with Crippen molar-refractivity contribution in [2.75, 3.05) is 0 Å². The fraction of sp³-hybridized carbons (Fsp3) is 0.500. The molecule has 1 N–H and O–H groups in total. The van der Waals surface area contributed by atoms with Gasteiger partial charge in [0.25, 0.3) is 5.69 Å². The number of rotatable bonds is 3. The highest BCUT2D eigenvalue weighted by Crippen LogP contribution is 2.23. The summed E-state index contributed by atoms with van der Waals surface area (Å²) in [5, 5.41) is 19.9. The zero-order chi connectivity index (χ0) is 12.7. The van der Waals surface area contributed by atoms with Crippen LogP contribution in [0.5, 0.6) is 0 Å². The standard InChI is InChI=1S/C10H13NO3.C2H6/c1-3-8-4-5-9(11(13)14)6-10(8)7(2)12;1-2/h4-7,12H,3H2,1-2H3;1-2H3. The monoisotopic (exact) mass is 225 g/mol. The Morgan fingerprint density at radius 3 is 2.38 bits per heavy atom. The van der Waals surface area contributed by atoms with Crippen LogP contribution >= 0.6 is 0 Å². The number of nitro benzene ring substituents is 1. The third-order valence-electron chi connectivity index (χ3n) is 2.17. The number of hydrogen-bond acceptors (Lipinski definition) is 3. The maximum Gasteiger partial charge on any atom is 0.269 e. The molecule has 0 radical (unpaired) electrons. The molecule has 1 rings (SSSR count). The summed E-state index contributed by atoms with van der Waals surface area (Å²) >= 11 is 0. The highest BCUT2D eigenvalue weighted by atomic mass is 16.6. The van der Waals surface area contributed by atoms with Crippen LogP contribution in [0, 0.1) is 10.1 Å². The van der Waals surface area contributed by atoms with E-state index >= 15 is 0 Å². The Morgan fingerprint density at radius 2 is 2.00 bits per heavy atom. The Morgan fingerprint density at radius 1 is 1.44 bits per heavy atom. The molecule has 0 bridgehead atoms. The number of non-ortho nitro benzene ring substituents is 1. The van der Waals surface area contributed by atoms with Crippen LogP contribution in [0.15, 0.2) is 18.2 Å². The summed E-state index contributed by atoms with van der Waals surface area (Å²) in [6, 6.07) is 4.59. The summed E-state index contributed by atoms with van der Waals surface area (Å²) in [4.78, 5) is 10.0. The topological polar surface area (TPSA) is 63.4 Å². The number of aliphatic hydroxyl groups excluding tert-OH is 1. The molecule has 0 fully saturated rings. The van der Waals surface area contributed by atoms with Crippen LogP contribution < -0.4 is 0 Å². The quantitative estimate of drug-likeness (QED) is 0.634. The van der Waals surface area contributed by atoms with Gasteiger partial charge in [-0.2, -0.15) is 0 Å². The zero-order valence-corrected chi connectivity index (χ0v) is 10.2. The van der Waals surface area contributed by atoms with Crippen LogP contribution in [-0.2, 0) is 6.42 Å². The minimum absolute atomic E-state index is 0.0260. The van der Waals surface area contributed by atoms with Gasteiger partial charge in [0.1, 0.15) is 0 Å². The van der Waals surface area contributed by atoms with E-state index in [4.69, 9.17) is 0 Å². The van der Waals surface area contributed by atoms with Crippen LogP contribution in [0.1, 0.15) is 44.9 Å². The fourth-order valence-corrected chi connectivity index (χ4v) is 1.41. The van der Waals surface area contributed by atoms with Crippen LogP contribution in [-0.4, -0.2) is 10.0 Å². The molecule has 0 saturated heterocycles. The molecule has 0 aromatic heterocycles. The van der Waals surface area contributed by atoms with Crippen molar-refractivity contribution in [3.05, 3.63) is 39.4 Å². The van der Waals surface area contributed by atoms with Crippen molar-refractivity contribution in [1.29, 1.82) is 0 Å². The van der Waals surface area contributed by atoms with Crippen molar-refractivity contribution < 1.29 is 10.0 Å². The van der Waals surface area contributed by atoms with Crippen molar-refractivity contribution in [3.63, 3.8) is 0 Å². The first-order valence-corrected chi connectivity index (χ1v) is 5.51. The smallest absolute Gasteiger partial charge is 0.269 e. The lowest BCUT2D eigenvalue weighted by Crippen LogP contribution is -1.99. The number of aryl methyl sites for hydroxylation is 1. The number of benzene rings is 1. The van der Waals surface area contributed by atoms with E-state index in [0.717, 1.165) is 12.0 Å². The lowest BCUT2D eigenvalue weighted by atomic mass is 10.0. The van der Waals surface area contributed by atoms with Gasteiger partial charge >= 0.3 is 0 Å². The minimum Gasteiger partial charge on any atom is -0.389 e. The molecule has 0 aliphatic carbocycles. The average molecular weight is 225 g/mol. The average Bonchev–Trinajstić information content (AvgIpc) is 2.30. The maximum atomic E-state index is 10.5. The molecule has 0 saturated carbocycles. The van der Waals surface area contributed by atoms with Gasteiger partial charge < -0.3 is 5.11 Å². The van der Waals surface area contributed by atoms with E-state index in [1.165, 1.54) is 12.1 Å². The molecule has 90 valence electrons. The van der Waals surface area contributed by atoms with Gasteiger partial charge in [0.15, 0.2) is 0 Å². The maximum absolute atomic E-state index is 10.5. The molecular formula is C12H19NO3. The van der Waals surface area contributed by atoms with Gasteiger partial charge in [-0.3, -0.25) is 10.1 Å². The van der Waals surface area contributed by atoms with Crippen molar-refractivity contribution in [3.8, 4) is 0 Å². The van der Waals surface area contributed by atoms with E-state index in [1.807, 2.05) is 20.8 Å². The number of hydrogen-bond donors (Lipinski definition) is 1. The van der Waals surface area contributed by atoms with E-state index in [-0.39, 0.29) is 5.69 Å². The summed E-state index contributed by atoms with van der Waals surface area (Å²) in [5.74, 6) is 0. The highest BCUT2D eigenvalue weighted by Gasteiger charge is 2.12. The van der Waals surface area contributed by atoms with Crippen LogP contribution in [0.4, 0.5) is 5.69 Å². The number of nitro groups is 1. The zero-order valence-electron chi connectivity index (χ0n) is 10.2. The van der Waals surface area contributed by atoms with Gasteiger partial charge in [0, 0.05) is 12.1 Å². The van der Waals surface area contributed by atoms with Gasteiger partial charge in [0.05, 0.1) is 11.0 Å². The Bertz CT molecular complexity index is 348. The largest absolute Gasteiger partial charge is 0.389 e. The van der Waals surface area contributed by atoms with Crippen molar-refractivity contribution in [1.82, 2.24) is 0 Å². The first-order valence-electron chi connectivity index (χ1n) is 5.51. The molecule has 1 atom stereocenters. The Hall–Kier alpha value is -1.42. The lowest BCUT2D eigenvalue weighted by molar-refractivity contribution is -0.385. The van der Waals surface area contributed by atoms with Crippen molar-refractivity contribution >= 4 is 5.69 Å². The molecule has 0 aliphatic heterocycles. The fourth-order valence-electron chi connectivity index (χ4n) is 1.41. The van der Waals surface area contributed by atoms with E-state index in [9.17, 15) is 15.2 Å². The molecule has 1 aromatic carbocycles. The molecule has 0 spiro atoms. The van der Waals surface area contributed by atoms with E-state index in [1.54, 1.807) is 13.0 Å². The SMILES string of the molecule is CC.CCc1ccc([N+](=O)[O-])cc1C(C)O. The van der Waals surface area contributed by atoms with E-state index in [0.29, 0.717) is 5.56 Å². The Kier molecular flexibility index (Phi) is 6.34. The summed E-state index contributed by atoms with van der Waals surface area (Å²) in [6.45, 7) is 7.56. The Balaban J connectivity index is 0.00000106. The Labute approximate surface area is 96.1 Å². The molecular weight excluding hydrogens is 206 g/mol. The summed E-state index contributed by atoms with van der Waals surface area (Å²) in [7, 11) is 0. The second kappa shape index (κ2) is 6.95. The van der Waals surface area contributed by atoms with Crippen LogP contribution in [0.2, 0.25) is 0 Å². The predicted octanol–water partition coefficient (Wildman–Crippen LogP) is 3.24. The summed E-state index contributed by atoms with van der Waals surface area (Å²) < 4.78 is 0. The van der Waals surface area contributed by atoms with E-state index < -0.39 is 11.0 Å². The minimum atomic E-state index is -0.662. The second-order valence-corrected chi connectivity index (χ2v) is 3.17. The highest BCUT2D eigenvalue weighted by molar-refractivity contribution is 5.40. The van der Waals surface area contributed by atoms with Gasteiger partial charge in [-0.25, -0.2) is 0 Å². The van der Waals surface area contributed by atoms with Crippen molar-refractivity contribution in [2.24, 2.45) is 0 Å². The summed E-state index contributed by atoms with van der Waals surface area (Å²) in [6.07, 6.45) is 0.1000. The van der Waals surface area contributed by atoms with Crippen LogP contribution in [0.3, 0.4) is 0 Å². The van der Waals surface area contributed by atoms with Gasteiger partial charge in [0.2, 0.25) is 0 Å². The van der Waals surface area contributed by atoms with E-state index in [2.05, 4.69) is 0 Å². The first-order chi connectivity index (χ1) is 7.56. The molecule has 0 aliphatic rings.